The Morgan fingerprint density at radius 2 is 2.24 bits per heavy atom. The summed E-state index contributed by atoms with van der Waals surface area (Å²) in [5, 5.41) is 0. The van der Waals surface area contributed by atoms with Gasteiger partial charge in [-0.25, -0.2) is 9.97 Å². The summed E-state index contributed by atoms with van der Waals surface area (Å²) in [6.45, 7) is 6.97. The zero-order valence-electron chi connectivity index (χ0n) is 10.8. The van der Waals surface area contributed by atoms with Crippen molar-refractivity contribution in [2.45, 2.75) is 33.1 Å². The maximum atomic E-state index is 5.65. The molecule has 17 heavy (non-hydrogen) atoms. The molecular weight excluding hydrogens is 212 g/mol. The number of hydrogen-bond donors (Lipinski definition) is 1. The van der Waals surface area contributed by atoms with Gasteiger partial charge in [0, 0.05) is 24.8 Å². The first kappa shape index (κ1) is 12.3. The van der Waals surface area contributed by atoms with Gasteiger partial charge >= 0.3 is 0 Å². The largest absolute Gasteiger partial charge is 0.356 e. The van der Waals surface area contributed by atoms with Crippen LogP contribution in [0.2, 0.25) is 0 Å². The number of aryl methyl sites for hydroxylation is 2. The highest BCUT2D eigenvalue weighted by Crippen LogP contribution is 2.23. The molecule has 4 nitrogen and oxygen atoms in total. The Morgan fingerprint density at radius 1 is 1.41 bits per heavy atom. The summed E-state index contributed by atoms with van der Waals surface area (Å²) >= 11 is 0. The molecule has 4 heteroatoms. The molecule has 1 aromatic heterocycles. The number of piperidine rings is 1. The smallest absolute Gasteiger partial charge is 0.132 e. The summed E-state index contributed by atoms with van der Waals surface area (Å²) in [5.74, 6) is 2.67. The molecule has 1 aliphatic rings. The minimum absolute atomic E-state index is 0.726. The zero-order chi connectivity index (χ0) is 12.3. The van der Waals surface area contributed by atoms with Crippen molar-refractivity contribution in [2.24, 2.45) is 11.7 Å². The van der Waals surface area contributed by atoms with E-state index in [1.165, 1.54) is 12.8 Å². The van der Waals surface area contributed by atoms with Crippen molar-refractivity contribution >= 4 is 5.82 Å². The molecule has 1 unspecified atom stereocenters. The van der Waals surface area contributed by atoms with Gasteiger partial charge in [-0.1, -0.05) is 0 Å². The van der Waals surface area contributed by atoms with E-state index in [9.17, 15) is 0 Å². The molecule has 2 N–H and O–H groups in total. The van der Waals surface area contributed by atoms with E-state index in [0.29, 0.717) is 0 Å². The number of nitrogens with two attached hydrogens (primary N) is 1. The Balaban J connectivity index is 2.10. The molecule has 0 aliphatic carbocycles. The second-order valence-electron chi connectivity index (χ2n) is 4.95. The van der Waals surface area contributed by atoms with E-state index >= 15 is 0 Å². The maximum absolute atomic E-state index is 5.65. The number of nitrogens with zero attached hydrogens (tertiary/aromatic N) is 3. The van der Waals surface area contributed by atoms with E-state index in [4.69, 9.17) is 5.73 Å². The fourth-order valence-electron chi connectivity index (χ4n) is 2.60. The molecule has 0 amide bonds. The Morgan fingerprint density at radius 3 is 2.94 bits per heavy atom. The SMILES string of the molecule is Cc1cc(N2CCCC(CCN)C2)nc(C)n1. The fourth-order valence-corrected chi connectivity index (χ4v) is 2.60. The Kier molecular flexibility index (Phi) is 3.94. The first-order valence-electron chi connectivity index (χ1n) is 6.46. The van der Waals surface area contributed by atoms with Crippen molar-refractivity contribution in [1.29, 1.82) is 0 Å². The average Bonchev–Trinajstić information content (AvgIpc) is 2.28. The molecular formula is C13H22N4. The standard InChI is InChI=1S/C13H22N4/c1-10-8-13(16-11(2)15-10)17-7-3-4-12(9-17)5-6-14/h8,12H,3-7,9,14H2,1-2H3. The average molecular weight is 234 g/mol. The van der Waals surface area contributed by atoms with Crippen LogP contribution in [0.3, 0.4) is 0 Å². The highest BCUT2D eigenvalue weighted by molar-refractivity contribution is 5.40. The lowest BCUT2D eigenvalue weighted by Crippen LogP contribution is -2.36. The van der Waals surface area contributed by atoms with Crippen LogP contribution in [0.15, 0.2) is 6.07 Å². The molecule has 0 saturated carbocycles. The van der Waals surface area contributed by atoms with Gasteiger partial charge in [0.1, 0.15) is 11.6 Å². The van der Waals surface area contributed by atoms with E-state index in [1.54, 1.807) is 0 Å². The third-order valence-electron chi connectivity index (χ3n) is 3.37. The molecule has 0 aromatic carbocycles. The maximum Gasteiger partial charge on any atom is 0.132 e. The highest BCUT2D eigenvalue weighted by Gasteiger charge is 2.20. The molecule has 0 radical (unpaired) electrons. The molecule has 0 spiro atoms. The molecule has 1 fully saturated rings. The molecule has 2 heterocycles. The first-order valence-corrected chi connectivity index (χ1v) is 6.46. The van der Waals surface area contributed by atoms with Gasteiger partial charge in [0.15, 0.2) is 0 Å². The fraction of sp³-hybridized carbons (Fsp3) is 0.692. The van der Waals surface area contributed by atoms with Crippen molar-refractivity contribution in [3.8, 4) is 0 Å². The molecule has 2 rings (SSSR count). The van der Waals surface area contributed by atoms with Crippen molar-refractivity contribution in [3.05, 3.63) is 17.6 Å². The lowest BCUT2D eigenvalue weighted by Gasteiger charge is -2.33. The minimum Gasteiger partial charge on any atom is -0.356 e. The summed E-state index contributed by atoms with van der Waals surface area (Å²) in [5.41, 5.74) is 6.70. The first-order chi connectivity index (χ1) is 8.19. The van der Waals surface area contributed by atoms with Gasteiger partial charge in [-0.3, -0.25) is 0 Å². The zero-order valence-corrected chi connectivity index (χ0v) is 10.8. The monoisotopic (exact) mass is 234 g/mol. The topological polar surface area (TPSA) is 55.0 Å². The number of aromatic nitrogens is 2. The summed E-state index contributed by atoms with van der Waals surface area (Å²) in [7, 11) is 0. The van der Waals surface area contributed by atoms with E-state index in [-0.39, 0.29) is 0 Å². The Bertz CT molecular complexity index is 355. The van der Waals surface area contributed by atoms with Gasteiger partial charge in [0.05, 0.1) is 0 Å². The number of rotatable bonds is 3. The summed E-state index contributed by atoms with van der Waals surface area (Å²) in [4.78, 5) is 11.2. The molecule has 1 atom stereocenters. The van der Waals surface area contributed by atoms with Gasteiger partial charge in [0.2, 0.25) is 0 Å². The third kappa shape index (κ3) is 3.16. The van der Waals surface area contributed by atoms with Crippen LogP contribution in [0.25, 0.3) is 0 Å². The van der Waals surface area contributed by atoms with Crippen LogP contribution in [0.5, 0.6) is 0 Å². The van der Waals surface area contributed by atoms with E-state index in [0.717, 1.165) is 49.3 Å². The van der Waals surface area contributed by atoms with Crippen LogP contribution in [0.4, 0.5) is 5.82 Å². The van der Waals surface area contributed by atoms with Crippen LogP contribution >= 0.6 is 0 Å². The highest BCUT2D eigenvalue weighted by atomic mass is 15.2. The van der Waals surface area contributed by atoms with Gasteiger partial charge in [-0.2, -0.15) is 0 Å². The lowest BCUT2D eigenvalue weighted by molar-refractivity contribution is 0.394. The van der Waals surface area contributed by atoms with Gasteiger partial charge in [-0.05, 0) is 45.6 Å². The minimum atomic E-state index is 0.726. The van der Waals surface area contributed by atoms with Crippen LogP contribution in [-0.2, 0) is 0 Å². The quantitative estimate of drug-likeness (QED) is 0.864. The summed E-state index contributed by atoms with van der Waals surface area (Å²) in [6, 6.07) is 2.08. The molecule has 1 aromatic rings. The molecule has 1 saturated heterocycles. The van der Waals surface area contributed by atoms with Crippen molar-refractivity contribution in [2.75, 3.05) is 24.5 Å². The van der Waals surface area contributed by atoms with Crippen LogP contribution in [-0.4, -0.2) is 29.6 Å². The normalized spacial score (nSPS) is 20.6. The van der Waals surface area contributed by atoms with Gasteiger partial charge in [-0.15, -0.1) is 0 Å². The van der Waals surface area contributed by atoms with E-state index in [1.807, 2.05) is 13.8 Å². The van der Waals surface area contributed by atoms with E-state index < -0.39 is 0 Å². The number of hydrogen-bond acceptors (Lipinski definition) is 4. The van der Waals surface area contributed by atoms with Crippen molar-refractivity contribution in [3.63, 3.8) is 0 Å². The molecule has 0 bridgehead atoms. The second kappa shape index (κ2) is 5.45. The third-order valence-corrected chi connectivity index (χ3v) is 3.37. The number of anilines is 1. The van der Waals surface area contributed by atoms with Crippen molar-refractivity contribution in [1.82, 2.24) is 9.97 Å². The predicted molar refractivity (Wildman–Crippen MR) is 70.1 cm³/mol. The van der Waals surface area contributed by atoms with Crippen LogP contribution in [0.1, 0.15) is 30.8 Å². The van der Waals surface area contributed by atoms with Crippen LogP contribution in [0, 0.1) is 19.8 Å². The molecule has 94 valence electrons. The van der Waals surface area contributed by atoms with Gasteiger partial charge in [0.25, 0.3) is 0 Å². The predicted octanol–water partition coefficient (Wildman–Crippen LogP) is 1.66. The van der Waals surface area contributed by atoms with E-state index in [2.05, 4.69) is 20.9 Å². The second-order valence-corrected chi connectivity index (χ2v) is 4.95. The van der Waals surface area contributed by atoms with Crippen LogP contribution < -0.4 is 10.6 Å². The van der Waals surface area contributed by atoms with Crippen molar-refractivity contribution < 1.29 is 0 Å². The lowest BCUT2D eigenvalue weighted by atomic mass is 9.95. The Hall–Kier alpha value is -1.16. The Labute approximate surface area is 103 Å². The molecule has 1 aliphatic heterocycles. The summed E-state index contributed by atoms with van der Waals surface area (Å²) in [6.07, 6.45) is 3.67. The van der Waals surface area contributed by atoms with Gasteiger partial charge < -0.3 is 10.6 Å². The summed E-state index contributed by atoms with van der Waals surface area (Å²) < 4.78 is 0.